The third-order valence-corrected chi connectivity index (χ3v) is 3.19. The van der Waals surface area contributed by atoms with E-state index in [1.165, 1.54) is 12.7 Å². The Balaban J connectivity index is 2.84. The van der Waals surface area contributed by atoms with Crippen LogP contribution >= 0.6 is 11.6 Å². The molecule has 0 aliphatic heterocycles. The number of anilines is 1. The molecule has 0 aliphatic carbocycles. The molecule has 3 nitrogen and oxygen atoms in total. The molecule has 1 heterocycles. The fraction of sp³-hybridized carbons (Fsp3) is 0.692. The lowest BCUT2D eigenvalue weighted by Crippen LogP contribution is -2.20. The molecule has 17 heavy (non-hydrogen) atoms. The summed E-state index contributed by atoms with van der Waals surface area (Å²) >= 11 is 6.12. The summed E-state index contributed by atoms with van der Waals surface area (Å²) in [6, 6.07) is 0.474. The van der Waals surface area contributed by atoms with Gasteiger partial charge in [-0.1, -0.05) is 45.2 Å². The summed E-state index contributed by atoms with van der Waals surface area (Å²) in [6.07, 6.45) is 6.93. The van der Waals surface area contributed by atoms with Crippen molar-refractivity contribution in [2.45, 2.75) is 58.9 Å². The van der Waals surface area contributed by atoms with E-state index in [0.717, 1.165) is 37.1 Å². The topological polar surface area (TPSA) is 37.8 Å². The van der Waals surface area contributed by atoms with Crippen LogP contribution in [0.15, 0.2) is 6.33 Å². The van der Waals surface area contributed by atoms with Gasteiger partial charge in [-0.2, -0.15) is 0 Å². The highest BCUT2D eigenvalue weighted by Gasteiger charge is 2.12. The zero-order valence-electron chi connectivity index (χ0n) is 11.0. The SMILES string of the molecule is CCCc1c(Cl)ncnc1NC(CC)CCC. The average molecular weight is 256 g/mol. The molecule has 0 saturated carbocycles. The molecule has 0 radical (unpaired) electrons. The molecule has 4 heteroatoms. The van der Waals surface area contributed by atoms with Crippen LogP contribution in [0.4, 0.5) is 5.82 Å². The predicted molar refractivity (Wildman–Crippen MR) is 73.6 cm³/mol. The van der Waals surface area contributed by atoms with Crippen molar-refractivity contribution in [3.63, 3.8) is 0 Å². The number of aromatic nitrogens is 2. The number of hydrogen-bond donors (Lipinski definition) is 1. The van der Waals surface area contributed by atoms with Crippen LogP contribution in [-0.4, -0.2) is 16.0 Å². The van der Waals surface area contributed by atoms with Crippen LogP contribution in [0.1, 0.15) is 52.0 Å². The van der Waals surface area contributed by atoms with Crippen LogP contribution < -0.4 is 5.32 Å². The van der Waals surface area contributed by atoms with E-state index >= 15 is 0 Å². The number of hydrogen-bond acceptors (Lipinski definition) is 3. The normalized spacial score (nSPS) is 12.5. The number of rotatable bonds is 7. The molecule has 1 N–H and O–H groups in total. The maximum absolute atomic E-state index is 6.12. The molecule has 0 aromatic carbocycles. The Morgan fingerprint density at radius 2 is 2.00 bits per heavy atom. The number of halogens is 1. The second-order valence-electron chi connectivity index (χ2n) is 4.28. The van der Waals surface area contributed by atoms with Crippen molar-refractivity contribution in [2.75, 3.05) is 5.32 Å². The smallest absolute Gasteiger partial charge is 0.137 e. The molecule has 1 aromatic rings. The number of nitrogens with zero attached hydrogens (tertiary/aromatic N) is 2. The van der Waals surface area contributed by atoms with Gasteiger partial charge in [-0.3, -0.25) is 0 Å². The van der Waals surface area contributed by atoms with Crippen molar-refractivity contribution in [1.82, 2.24) is 9.97 Å². The van der Waals surface area contributed by atoms with Crippen LogP contribution in [-0.2, 0) is 6.42 Å². The van der Waals surface area contributed by atoms with Crippen molar-refractivity contribution < 1.29 is 0 Å². The maximum Gasteiger partial charge on any atom is 0.137 e. The van der Waals surface area contributed by atoms with E-state index in [4.69, 9.17) is 11.6 Å². The molecule has 1 atom stereocenters. The lowest BCUT2D eigenvalue weighted by atomic mass is 10.1. The molecule has 1 unspecified atom stereocenters. The molecule has 0 bridgehead atoms. The lowest BCUT2D eigenvalue weighted by Gasteiger charge is -2.19. The van der Waals surface area contributed by atoms with Crippen molar-refractivity contribution in [2.24, 2.45) is 0 Å². The molecule has 0 fully saturated rings. The third-order valence-electron chi connectivity index (χ3n) is 2.86. The van der Waals surface area contributed by atoms with Gasteiger partial charge in [-0.15, -0.1) is 0 Å². The first-order valence-corrected chi connectivity index (χ1v) is 6.86. The zero-order valence-corrected chi connectivity index (χ0v) is 11.7. The molecular weight excluding hydrogens is 234 g/mol. The van der Waals surface area contributed by atoms with Crippen molar-refractivity contribution in [1.29, 1.82) is 0 Å². The van der Waals surface area contributed by atoms with E-state index in [-0.39, 0.29) is 0 Å². The van der Waals surface area contributed by atoms with Crippen LogP contribution in [0.25, 0.3) is 0 Å². The summed E-state index contributed by atoms with van der Waals surface area (Å²) in [6.45, 7) is 6.52. The monoisotopic (exact) mass is 255 g/mol. The minimum absolute atomic E-state index is 0.474. The Labute approximate surface area is 109 Å². The van der Waals surface area contributed by atoms with Gasteiger partial charge in [-0.25, -0.2) is 9.97 Å². The Bertz CT molecular complexity index is 341. The van der Waals surface area contributed by atoms with Gasteiger partial charge in [0.2, 0.25) is 0 Å². The molecule has 96 valence electrons. The molecule has 0 saturated heterocycles. The second-order valence-corrected chi connectivity index (χ2v) is 4.64. The van der Waals surface area contributed by atoms with E-state index < -0.39 is 0 Å². The van der Waals surface area contributed by atoms with Gasteiger partial charge < -0.3 is 5.32 Å². The highest BCUT2D eigenvalue weighted by Crippen LogP contribution is 2.23. The van der Waals surface area contributed by atoms with E-state index in [0.29, 0.717) is 11.2 Å². The maximum atomic E-state index is 6.12. The quantitative estimate of drug-likeness (QED) is 0.747. The van der Waals surface area contributed by atoms with Crippen molar-refractivity contribution in [3.05, 3.63) is 17.0 Å². The van der Waals surface area contributed by atoms with Crippen LogP contribution in [0.2, 0.25) is 5.15 Å². The first kappa shape index (κ1) is 14.2. The molecule has 1 aromatic heterocycles. The minimum Gasteiger partial charge on any atom is -0.367 e. The van der Waals surface area contributed by atoms with Crippen molar-refractivity contribution >= 4 is 17.4 Å². The molecule has 0 amide bonds. The van der Waals surface area contributed by atoms with Gasteiger partial charge >= 0.3 is 0 Å². The Kier molecular flexibility index (Phi) is 6.27. The summed E-state index contributed by atoms with van der Waals surface area (Å²) in [5.41, 5.74) is 1.05. The van der Waals surface area contributed by atoms with Gasteiger partial charge in [-0.05, 0) is 19.3 Å². The molecule has 0 spiro atoms. The molecule has 0 aliphatic rings. The molecule has 1 rings (SSSR count). The highest BCUT2D eigenvalue weighted by atomic mass is 35.5. The van der Waals surface area contributed by atoms with Crippen LogP contribution in [0, 0.1) is 0 Å². The molecular formula is C13H22ClN3. The fourth-order valence-electron chi connectivity index (χ4n) is 1.91. The van der Waals surface area contributed by atoms with E-state index in [2.05, 4.69) is 36.1 Å². The van der Waals surface area contributed by atoms with E-state index in [1.54, 1.807) is 0 Å². The third kappa shape index (κ3) is 4.15. The Morgan fingerprint density at radius 3 is 2.59 bits per heavy atom. The Morgan fingerprint density at radius 1 is 1.24 bits per heavy atom. The van der Waals surface area contributed by atoms with Gasteiger partial charge in [0.15, 0.2) is 0 Å². The van der Waals surface area contributed by atoms with Gasteiger partial charge in [0, 0.05) is 11.6 Å². The van der Waals surface area contributed by atoms with Gasteiger partial charge in [0.05, 0.1) is 0 Å². The van der Waals surface area contributed by atoms with Crippen LogP contribution in [0.5, 0.6) is 0 Å². The standard InChI is InChI=1S/C13H22ClN3/c1-4-7-10(6-3)17-13-11(8-5-2)12(14)15-9-16-13/h9-10H,4-8H2,1-3H3,(H,15,16,17). The highest BCUT2D eigenvalue weighted by molar-refractivity contribution is 6.30. The van der Waals surface area contributed by atoms with Gasteiger partial charge in [0.25, 0.3) is 0 Å². The summed E-state index contributed by atoms with van der Waals surface area (Å²) < 4.78 is 0. The van der Waals surface area contributed by atoms with E-state index in [1.807, 2.05) is 0 Å². The Hall–Kier alpha value is -0.830. The second kappa shape index (κ2) is 7.49. The number of nitrogens with one attached hydrogen (secondary N) is 1. The zero-order chi connectivity index (χ0) is 12.7. The van der Waals surface area contributed by atoms with Crippen LogP contribution in [0.3, 0.4) is 0 Å². The van der Waals surface area contributed by atoms with Crippen molar-refractivity contribution in [3.8, 4) is 0 Å². The predicted octanol–water partition coefficient (Wildman–Crippen LogP) is 4.07. The summed E-state index contributed by atoms with van der Waals surface area (Å²) in [7, 11) is 0. The lowest BCUT2D eigenvalue weighted by molar-refractivity contribution is 0.619. The summed E-state index contributed by atoms with van der Waals surface area (Å²) in [5.74, 6) is 0.909. The summed E-state index contributed by atoms with van der Waals surface area (Å²) in [5, 5.41) is 4.07. The first-order valence-electron chi connectivity index (χ1n) is 6.48. The van der Waals surface area contributed by atoms with Gasteiger partial charge in [0.1, 0.15) is 17.3 Å². The fourth-order valence-corrected chi connectivity index (χ4v) is 2.13. The van der Waals surface area contributed by atoms with E-state index in [9.17, 15) is 0 Å². The first-order chi connectivity index (χ1) is 8.22. The minimum atomic E-state index is 0.474. The largest absolute Gasteiger partial charge is 0.367 e. The average Bonchev–Trinajstić information content (AvgIpc) is 2.33. The summed E-state index contributed by atoms with van der Waals surface area (Å²) in [4.78, 5) is 8.37.